The van der Waals surface area contributed by atoms with E-state index in [1.807, 2.05) is 6.92 Å². The molecule has 1 aromatic rings. The van der Waals surface area contributed by atoms with Crippen LogP contribution in [-0.4, -0.2) is 40.0 Å². The standard InChI is InChI=1S/C13H21N3O4/c1-9(20-4)5-6-11(17)15-10-7-14-16(8-10)13(2,3)12(18)19/h7-9H,5-6H2,1-4H3,(H,15,17)(H,18,19). The Kier molecular flexibility index (Phi) is 5.26. The number of hydrogen-bond donors (Lipinski definition) is 2. The minimum Gasteiger partial charge on any atom is -0.479 e. The van der Waals surface area contributed by atoms with Crippen molar-refractivity contribution in [2.45, 2.75) is 45.3 Å². The molecule has 2 N–H and O–H groups in total. The number of aromatic nitrogens is 2. The molecular weight excluding hydrogens is 262 g/mol. The van der Waals surface area contributed by atoms with Gasteiger partial charge >= 0.3 is 5.97 Å². The fourth-order valence-electron chi connectivity index (χ4n) is 1.47. The molecule has 7 heteroatoms. The third kappa shape index (κ3) is 4.06. The van der Waals surface area contributed by atoms with Gasteiger partial charge in [-0.2, -0.15) is 5.10 Å². The summed E-state index contributed by atoms with van der Waals surface area (Å²) in [5.74, 6) is -1.14. The largest absolute Gasteiger partial charge is 0.479 e. The highest BCUT2D eigenvalue weighted by Crippen LogP contribution is 2.17. The summed E-state index contributed by atoms with van der Waals surface area (Å²) in [5, 5.41) is 15.7. The van der Waals surface area contributed by atoms with E-state index in [4.69, 9.17) is 9.84 Å². The molecule has 0 aliphatic rings. The number of aliphatic carboxylic acids is 1. The molecule has 112 valence electrons. The first-order chi connectivity index (χ1) is 9.27. The van der Waals surface area contributed by atoms with Crippen molar-refractivity contribution in [3.8, 4) is 0 Å². The summed E-state index contributed by atoms with van der Waals surface area (Å²) >= 11 is 0. The van der Waals surface area contributed by atoms with Gasteiger partial charge in [-0.1, -0.05) is 0 Å². The van der Waals surface area contributed by atoms with Crippen LogP contribution >= 0.6 is 0 Å². The smallest absolute Gasteiger partial charge is 0.331 e. The predicted octanol–water partition coefficient (Wildman–Crippen LogP) is 1.46. The van der Waals surface area contributed by atoms with Crippen LogP contribution < -0.4 is 5.32 Å². The SMILES string of the molecule is COC(C)CCC(=O)Nc1cnn(C(C)(C)C(=O)O)c1. The second kappa shape index (κ2) is 6.51. The number of nitrogens with one attached hydrogen (secondary N) is 1. The Balaban J connectivity index is 2.60. The molecule has 0 bridgehead atoms. The van der Waals surface area contributed by atoms with Crippen molar-refractivity contribution >= 4 is 17.6 Å². The zero-order valence-corrected chi connectivity index (χ0v) is 12.2. The van der Waals surface area contributed by atoms with E-state index in [2.05, 4.69) is 10.4 Å². The Hall–Kier alpha value is -1.89. The van der Waals surface area contributed by atoms with Crippen LogP contribution in [0.2, 0.25) is 0 Å². The molecule has 0 aromatic carbocycles. The summed E-state index contributed by atoms with van der Waals surface area (Å²) in [4.78, 5) is 22.8. The molecule has 1 aromatic heterocycles. The van der Waals surface area contributed by atoms with Crippen LogP contribution in [0.4, 0.5) is 5.69 Å². The molecule has 1 heterocycles. The topological polar surface area (TPSA) is 93.5 Å². The van der Waals surface area contributed by atoms with E-state index in [1.54, 1.807) is 7.11 Å². The number of carbonyl (C=O) groups is 2. The maximum Gasteiger partial charge on any atom is 0.331 e. The van der Waals surface area contributed by atoms with Crippen molar-refractivity contribution < 1.29 is 19.4 Å². The van der Waals surface area contributed by atoms with Gasteiger partial charge in [0.1, 0.15) is 0 Å². The first kappa shape index (κ1) is 16.2. The van der Waals surface area contributed by atoms with Crippen molar-refractivity contribution in [3.05, 3.63) is 12.4 Å². The van der Waals surface area contributed by atoms with Gasteiger partial charge in [-0.15, -0.1) is 0 Å². The van der Waals surface area contributed by atoms with Crippen LogP contribution in [0.25, 0.3) is 0 Å². The van der Waals surface area contributed by atoms with Crippen molar-refractivity contribution in [2.75, 3.05) is 12.4 Å². The van der Waals surface area contributed by atoms with Gasteiger partial charge in [-0.3, -0.25) is 9.48 Å². The van der Waals surface area contributed by atoms with Gasteiger partial charge < -0.3 is 15.2 Å². The normalized spacial score (nSPS) is 13.0. The summed E-state index contributed by atoms with van der Waals surface area (Å²) < 4.78 is 6.37. The number of carboxylic acids is 1. The number of nitrogens with zero attached hydrogens (tertiary/aromatic N) is 2. The number of hydrogen-bond acceptors (Lipinski definition) is 4. The lowest BCUT2D eigenvalue weighted by Gasteiger charge is -2.19. The molecule has 7 nitrogen and oxygen atoms in total. The number of carboxylic acid groups (broad SMARTS) is 1. The Morgan fingerprint density at radius 2 is 2.20 bits per heavy atom. The molecule has 0 radical (unpaired) electrons. The highest BCUT2D eigenvalue weighted by atomic mass is 16.5. The van der Waals surface area contributed by atoms with E-state index in [9.17, 15) is 9.59 Å². The lowest BCUT2D eigenvalue weighted by atomic mass is 10.1. The second-order valence-corrected chi connectivity index (χ2v) is 5.17. The number of anilines is 1. The molecule has 0 spiro atoms. The molecule has 20 heavy (non-hydrogen) atoms. The van der Waals surface area contributed by atoms with Crippen LogP contribution in [0.5, 0.6) is 0 Å². The average Bonchev–Trinajstić information content (AvgIpc) is 2.84. The molecule has 1 rings (SSSR count). The summed E-state index contributed by atoms with van der Waals surface area (Å²) in [6.45, 7) is 4.96. The number of ether oxygens (including phenoxy) is 1. The van der Waals surface area contributed by atoms with Gasteiger partial charge in [0.2, 0.25) is 5.91 Å². The van der Waals surface area contributed by atoms with Crippen LogP contribution in [0.1, 0.15) is 33.6 Å². The lowest BCUT2D eigenvalue weighted by molar-refractivity contribution is -0.146. The van der Waals surface area contributed by atoms with Gasteiger partial charge in [-0.05, 0) is 27.2 Å². The molecule has 0 saturated carbocycles. The zero-order chi connectivity index (χ0) is 15.3. The van der Waals surface area contributed by atoms with Gasteiger partial charge in [-0.25, -0.2) is 4.79 Å². The minimum atomic E-state index is -1.16. The van der Waals surface area contributed by atoms with Crippen LogP contribution in [0.15, 0.2) is 12.4 Å². The van der Waals surface area contributed by atoms with Gasteiger partial charge in [0.15, 0.2) is 5.54 Å². The maximum atomic E-state index is 11.7. The molecular formula is C13H21N3O4. The molecule has 1 atom stereocenters. The summed E-state index contributed by atoms with van der Waals surface area (Å²) in [5.41, 5.74) is -0.678. The van der Waals surface area contributed by atoms with E-state index in [-0.39, 0.29) is 12.0 Å². The van der Waals surface area contributed by atoms with Crippen molar-refractivity contribution in [1.29, 1.82) is 0 Å². The third-order valence-electron chi connectivity index (χ3n) is 3.14. The van der Waals surface area contributed by atoms with E-state index in [0.29, 0.717) is 18.5 Å². The highest BCUT2D eigenvalue weighted by molar-refractivity contribution is 5.90. The van der Waals surface area contributed by atoms with E-state index >= 15 is 0 Å². The number of amides is 1. The Labute approximate surface area is 117 Å². The van der Waals surface area contributed by atoms with Crippen LogP contribution in [0, 0.1) is 0 Å². The molecule has 1 unspecified atom stereocenters. The van der Waals surface area contributed by atoms with Gasteiger partial charge in [0, 0.05) is 19.7 Å². The first-order valence-electron chi connectivity index (χ1n) is 6.38. The highest BCUT2D eigenvalue weighted by Gasteiger charge is 2.30. The van der Waals surface area contributed by atoms with Gasteiger partial charge in [0.05, 0.1) is 18.0 Å². The monoisotopic (exact) mass is 283 g/mol. The number of carbonyl (C=O) groups excluding carboxylic acids is 1. The summed E-state index contributed by atoms with van der Waals surface area (Å²) in [7, 11) is 1.60. The summed E-state index contributed by atoms with van der Waals surface area (Å²) in [6.07, 6.45) is 3.92. The van der Waals surface area contributed by atoms with Crippen LogP contribution in [0.3, 0.4) is 0 Å². The van der Waals surface area contributed by atoms with E-state index < -0.39 is 11.5 Å². The predicted molar refractivity (Wildman–Crippen MR) is 73.5 cm³/mol. The molecule has 0 saturated heterocycles. The minimum absolute atomic E-state index is 0.0226. The first-order valence-corrected chi connectivity index (χ1v) is 6.38. The quantitative estimate of drug-likeness (QED) is 0.790. The fourth-order valence-corrected chi connectivity index (χ4v) is 1.47. The van der Waals surface area contributed by atoms with E-state index in [0.717, 1.165) is 0 Å². The van der Waals surface area contributed by atoms with Crippen molar-refractivity contribution in [2.24, 2.45) is 0 Å². The van der Waals surface area contributed by atoms with Crippen LogP contribution in [-0.2, 0) is 19.9 Å². The number of methoxy groups -OCH3 is 1. The summed E-state index contributed by atoms with van der Waals surface area (Å²) in [6, 6.07) is 0. The Morgan fingerprint density at radius 1 is 1.55 bits per heavy atom. The second-order valence-electron chi connectivity index (χ2n) is 5.17. The molecule has 0 aliphatic heterocycles. The lowest BCUT2D eigenvalue weighted by Crippen LogP contribution is -2.35. The Bertz CT molecular complexity index is 482. The van der Waals surface area contributed by atoms with Gasteiger partial charge in [0.25, 0.3) is 0 Å². The molecule has 0 fully saturated rings. The van der Waals surface area contributed by atoms with Crippen molar-refractivity contribution in [3.63, 3.8) is 0 Å². The maximum absolute atomic E-state index is 11.7. The zero-order valence-electron chi connectivity index (χ0n) is 12.2. The Morgan fingerprint density at radius 3 is 2.75 bits per heavy atom. The molecule has 0 aliphatic carbocycles. The fraction of sp³-hybridized carbons (Fsp3) is 0.615. The third-order valence-corrected chi connectivity index (χ3v) is 3.14. The number of rotatable bonds is 7. The molecule has 1 amide bonds. The van der Waals surface area contributed by atoms with E-state index in [1.165, 1.54) is 30.9 Å². The average molecular weight is 283 g/mol. The van der Waals surface area contributed by atoms with Crippen molar-refractivity contribution in [1.82, 2.24) is 9.78 Å².